The average Bonchev–Trinajstić information content (AvgIpc) is 2.49. The van der Waals surface area contributed by atoms with Crippen LogP contribution in [-0.4, -0.2) is 37.1 Å². The molecule has 1 heterocycles. The Morgan fingerprint density at radius 2 is 2.09 bits per heavy atom. The average molecular weight is 386 g/mol. The van der Waals surface area contributed by atoms with Gasteiger partial charge in [0, 0.05) is 23.6 Å². The summed E-state index contributed by atoms with van der Waals surface area (Å²) >= 11 is 9.28. The highest BCUT2D eigenvalue weighted by molar-refractivity contribution is 9.10. The van der Waals surface area contributed by atoms with Crippen LogP contribution in [0.15, 0.2) is 29.0 Å². The smallest absolute Gasteiger partial charge is 0.257 e. The molecule has 0 spiro atoms. The third-order valence-electron chi connectivity index (χ3n) is 2.82. The van der Waals surface area contributed by atoms with E-state index in [1.165, 1.54) is 13.4 Å². The van der Waals surface area contributed by atoms with Gasteiger partial charge in [0.15, 0.2) is 5.82 Å². The Morgan fingerprint density at radius 1 is 1.36 bits per heavy atom. The molecule has 0 aliphatic carbocycles. The molecule has 2 rings (SSSR count). The number of amides is 1. The molecule has 0 unspecified atom stereocenters. The van der Waals surface area contributed by atoms with Gasteiger partial charge in [-0.2, -0.15) is 4.98 Å². The number of carbonyl (C=O) groups excluding carboxylic acids is 1. The Morgan fingerprint density at radius 3 is 2.73 bits per heavy atom. The van der Waals surface area contributed by atoms with Crippen LogP contribution in [0.3, 0.4) is 0 Å². The molecule has 22 heavy (non-hydrogen) atoms. The van der Waals surface area contributed by atoms with Crippen LogP contribution in [0.4, 0.5) is 11.5 Å². The van der Waals surface area contributed by atoms with Crippen molar-refractivity contribution < 1.29 is 9.53 Å². The molecule has 0 radical (unpaired) electrons. The van der Waals surface area contributed by atoms with Gasteiger partial charge < -0.3 is 15.0 Å². The summed E-state index contributed by atoms with van der Waals surface area (Å²) in [6.07, 6.45) is 1.37. The molecule has 1 N–H and O–H groups in total. The lowest BCUT2D eigenvalue weighted by molar-refractivity contribution is 0.102. The van der Waals surface area contributed by atoms with E-state index in [0.717, 1.165) is 0 Å². The Bertz CT molecular complexity index is 709. The number of carbonyl (C=O) groups is 1. The van der Waals surface area contributed by atoms with Gasteiger partial charge in [-0.25, -0.2) is 4.98 Å². The predicted molar refractivity (Wildman–Crippen MR) is 90.0 cm³/mol. The first-order valence-corrected chi connectivity index (χ1v) is 7.44. The largest absolute Gasteiger partial charge is 0.479 e. The quantitative estimate of drug-likeness (QED) is 0.875. The summed E-state index contributed by atoms with van der Waals surface area (Å²) in [5.41, 5.74) is 0.801. The van der Waals surface area contributed by atoms with Crippen LogP contribution in [-0.2, 0) is 0 Å². The van der Waals surface area contributed by atoms with Gasteiger partial charge in [0.25, 0.3) is 5.91 Å². The lowest BCUT2D eigenvalue weighted by Crippen LogP contribution is -2.19. The fourth-order valence-corrected chi connectivity index (χ4v) is 2.42. The first-order chi connectivity index (χ1) is 10.4. The van der Waals surface area contributed by atoms with E-state index in [1.54, 1.807) is 23.1 Å². The van der Waals surface area contributed by atoms with Crippen molar-refractivity contribution in [2.75, 3.05) is 31.4 Å². The minimum Gasteiger partial charge on any atom is -0.479 e. The fraction of sp³-hybridized carbons (Fsp3) is 0.214. The van der Waals surface area contributed by atoms with Crippen LogP contribution >= 0.6 is 27.5 Å². The number of aromatic nitrogens is 2. The first-order valence-electron chi connectivity index (χ1n) is 6.26. The standard InChI is InChI=1S/C14H14BrClN4O2/c1-20(2)12-11(14(22-3)18-7-17-12)19-13(21)9-6-8(16)4-5-10(9)15/h4-7H,1-3H3,(H,19,21). The third kappa shape index (κ3) is 3.48. The zero-order chi connectivity index (χ0) is 16.3. The first kappa shape index (κ1) is 16.5. The summed E-state index contributed by atoms with van der Waals surface area (Å²) in [5, 5.41) is 3.25. The summed E-state index contributed by atoms with van der Waals surface area (Å²) < 4.78 is 5.83. The Kier molecular flexibility index (Phi) is 5.20. The van der Waals surface area contributed by atoms with Gasteiger partial charge in [0.1, 0.15) is 12.0 Å². The van der Waals surface area contributed by atoms with E-state index in [0.29, 0.717) is 26.6 Å². The van der Waals surface area contributed by atoms with E-state index in [1.807, 2.05) is 14.1 Å². The highest BCUT2D eigenvalue weighted by atomic mass is 79.9. The second-order valence-electron chi connectivity index (χ2n) is 4.55. The van der Waals surface area contributed by atoms with Crippen molar-refractivity contribution >= 4 is 44.9 Å². The monoisotopic (exact) mass is 384 g/mol. The zero-order valence-electron chi connectivity index (χ0n) is 12.2. The second kappa shape index (κ2) is 6.93. The van der Waals surface area contributed by atoms with Crippen molar-refractivity contribution in [2.45, 2.75) is 0 Å². The van der Waals surface area contributed by atoms with Gasteiger partial charge in [0.2, 0.25) is 5.88 Å². The van der Waals surface area contributed by atoms with Crippen molar-refractivity contribution in [3.63, 3.8) is 0 Å². The second-order valence-corrected chi connectivity index (χ2v) is 5.85. The maximum Gasteiger partial charge on any atom is 0.257 e. The molecule has 1 amide bonds. The maximum absolute atomic E-state index is 12.5. The maximum atomic E-state index is 12.5. The van der Waals surface area contributed by atoms with Crippen molar-refractivity contribution in [2.24, 2.45) is 0 Å². The molecular weight excluding hydrogens is 372 g/mol. The number of rotatable bonds is 4. The SMILES string of the molecule is COc1ncnc(N(C)C)c1NC(=O)c1cc(Cl)ccc1Br. The van der Waals surface area contributed by atoms with Crippen molar-refractivity contribution in [3.8, 4) is 5.88 Å². The number of anilines is 2. The van der Waals surface area contributed by atoms with E-state index < -0.39 is 0 Å². The predicted octanol–water partition coefficient (Wildman–Crippen LogP) is 3.22. The van der Waals surface area contributed by atoms with Crippen molar-refractivity contribution in [1.29, 1.82) is 0 Å². The van der Waals surface area contributed by atoms with Crippen molar-refractivity contribution in [3.05, 3.63) is 39.6 Å². The van der Waals surface area contributed by atoms with E-state index in [4.69, 9.17) is 16.3 Å². The van der Waals surface area contributed by atoms with Gasteiger partial charge >= 0.3 is 0 Å². The van der Waals surface area contributed by atoms with Gasteiger partial charge in [-0.3, -0.25) is 4.79 Å². The summed E-state index contributed by atoms with van der Waals surface area (Å²) in [7, 11) is 5.10. The molecule has 0 aliphatic heterocycles. The van der Waals surface area contributed by atoms with E-state index in [2.05, 4.69) is 31.2 Å². The molecular formula is C14H14BrClN4O2. The van der Waals surface area contributed by atoms with Crippen LogP contribution in [0.25, 0.3) is 0 Å². The molecule has 0 aliphatic rings. The van der Waals surface area contributed by atoms with Gasteiger partial charge in [-0.15, -0.1) is 0 Å². The topological polar surface area (TPSA) is 67.4 Å². The Labute approximate surface area is 141 Å². The van der Waals surface area contributed by atoms with Crippen LogP contribution in [0.1, 0.15) is 10.4 Å². The normalized spacial score (nSPS) is 10.2. The lowest BCUT2D eigenvalue weighted by atomic mass is 10.2. The molecule has 6 nitrogen and oxygen atoms in total. The number of ether oxygens (including phenoxy) is 1. The molecule has 0 fully saturated rings. The molecule has 0 atom stereocenters. The molecule has 1 aromatic heterocycles. The minimum atomic E-state index is -0.342. The van der Waals surface area contributed by atoms with E-state index in [-0.39, 0.29) is 11.8 Å². The fourth-order valence-electron chi connectivity index (χ4n) is 1.82. The number of hydrogen-bond donors (Lipinski definition) is 1. The molecule has 2 aromatic rings. The highest BCUT2D eigenvalue weighted by Gasteiger charge is 2.19. The molecule has 1 aromatic carbocycles. The number of benzene rings is 1. The number of nitrogens with zero attached hydrogens (tertiary/aromatic N) is 3. The number of nitrogens with one attached hydrogen (secondary N) is 1. The summed E-state index contributed by atoms with van der Waals surface area (Å²) in [4.78, 5) is 22.4. The van der Waals surface area contributed by atoms with Gasteiger partial charge in [-0.1, -0.05) is 11.6 Å². The van der Waals surface area contributed by atoms with Crippen molar-refractivity contribution in [1.82, 2.24) is 9.97 Å². The number of hydrogen-bond acceptors (Lipinski definition) is 5. The molecule has 8 heteroatoms. The van der Waals surface area contributed by atoms with Gasteiger partial charge in [-0.05, 0) is 34.1 Å². The summed E-state index contributed by atoms with van der Waals surface area (Å²) in [6.45, 7) is 0. The molecule has 0 saturated heterocycles. The van der Waals surface area contributed by atoms with Crippen LogP contribution in [0.5, 0.6) is 5.88 Å². The Balaban J connectivity index is 2.42. The zero-order valence-corrected chi connectivity index (χ0v) is 14.6. The number of methoxy groups -OCH3 is 1. The highest BCUT2D eigenvalue weighted by Crippen LogP contribution is 2.31. The van der Waals surface area contributed by atoms with E-state index in [9.17, 15) is 4.79 Å². The van der Waals surface area contributed by atoms with Crippen LogP contribution < -0.4 is 15.0 Å². The molecule has 0 bridgehead atoms. The van der Waals surface area contributed by atoms with Crippen LogP contribution in [0.2, 0.25) is 5.02 Å². The van der Waals surface area contributed by atoms with E-state index >= 15 is 0 Å². The van der Waals surface area contributed by atoms with Crippen LogP contribution in [0, 0.1) is 0 Å². The van der Waals surface area contributed by atoms with Gasteiger partial charge in [0.05, 0.1) is 12.7 Å². The summed E-state index contributed by atoms with van der Waals surface area (Å²) in [6, 6.07) is 4.98. The lowest BCUT2D eigenvalue weighted by Gasteiger charge is -2.18. The summed E-state index contributed by atoms with van der Waals surface area (Å²) in [5.74, 6) is 0.481. The number of halogens is 2. The Hall–Kier alpha value is -1.86. The minimum absolute atomic E-state index is 0.283. The molecule has 116 valence electrons. The third-order valence-corrected chi connectivity index (χ3v) is 3.75. The molecule has 0 saturated carbocycles.